The molecule has 0 bridgehead atoms. The fourth-order valence-corrected chi connectivity index (χ4v) is 2.49. The van der Waals surface area contributed by atoms with Gasteiger partial charge in [-0.2, -0.15) is 0 Å². The van der Waals surface area contributed by atoms with E-state index in [4.69, 9.17) is 9.47 Å². The third-order valence-corrected chi connectivity index (χ3v) is 3.63. The van der Waals surface area contributed by atoms with Crippen molar-refractivity contribution in [3.05, 3.63) is 0 Å². The van der Waals surface area contributed by atoms with Crippen molar-refractivity contribution >= 4 is 0 Å². The van der Waals surface area contributed by atoms with Crippen LogP contribution in [-0.4, -0.2) is 49.7 Å². The van der Waals surface area contributed by atoms with E-state index in [1.807, 2.05) is 6.92 Å². The van der Waals surface area contributed by atoms with Gasteiger partial charge in [0.1, 0.15) is 0 Å². The number of morpholine rings is 1. The molecule has 2 unspecified atom stereocenters. The molecule has 0 aromatic heterocycles. The maximum Gasteiger partial charge on any atom is 0.0986 e. The highest BCUT2D eigenvalue weighted by Gasteiger charge is 2.41. The van der Waals surface area contributed by atoms with Crippen molar-refractivity contribution in [3.63, 3.8) is 0 Å². The molecule has 0 amide bonds. The molecule has 2 fully saturated rings. The van der Waals surface area contributed by atoms with Gasteiger partial charge in [0, 0.05) is 26.3 Å². The summed E-state index contributed by atoms with van der Waals surface area (Å²) >= 11 is 0. The monoisotopic (exact) mass is 215 g/mol. The van der Waals surface area contributed by atoms with Gasteiger partial charge in [0.15, 0.2) is 0 Å². The van der Waals surface area contributed by atoms with E-state index < -0.39 is 5.60 Å². The summed E-state index contributed by atoms with van der Waals surface area (Å²) in [5, 5.41) is 13.8. The van der Waals surface area contributed by atoms with Crippen LogP contribution in [0, 0.1) is 5.92 Å². The number of aliphatic hydroxyl groups is 1. The van der Waals surface area contributed by atoms with Crippen LogP contribution in [-0.2, 0) is 9.47 Å². The second-order valence-corrected chi connectivity index (χ2v) is 4.68. The number of ether oxygens (including phenoxy) is 2. The summed E-state index contributed by atoms with van der Waals surface area (Å²) in [6, 6.07) is 0. The van der Waals surface area contributed by atoms with Gasteiger partial charge >= 0.3 is 0 Å². The molecular formula is C11H21NO3. The van der Waals surface area contributed by atoms with Crippen LogP contribution in [0.1, 0.15) is 19.8 Å². The van der Waals surface area contributed by atoms with E-state index in [-0.39, 0.29) is 6.10 Å². The molecule has 4 heteroatoms. The second-order valence-electron chi connectivity index (χ2n) is 4.68. The summed E-state index contributed by atoms with van der Waals surface area (Å²) in [6.07, 6.45) is 1.80. The fraction of sp³-hybridized carbons (Fsp3) is 1.00. The average molecular weight is 215 g/mol. The molecule has 0 spiro atoms. The van der Waals surface area contributed by atoms with Crippen molar-refractivity contribution in [2.75, 3.05) is 32.9 Å². The molecule has 2 aliphatic heterocycles. The van der Waals surface area contributed by atoms with Crippen LogP contribution >= 0.6 is 0 Å². The van der Waals surface area contributed by atoms with Crippen LogP contribution < -0.4 is 5.32 Å². The van der Waals surface area contributed by atoms with E-state index in [9.17, 15) is 5.11 Å². The number of rotatable bonds is 2. The summed E-state index contributed by atoms with van der Waals surface area (Å²) in [6.45, 7) is 5.78. The Hall–Kier alpha value is -0.160. The molecule has 0 aliphatic carbocycles. The van der Waals surface area contributed by atoms with Gasteiger partial charge in [0.2, 0.25) is 0 Å². The van der Waals surface area contributed by atoms with E-state index in [1.54, 1.807) is 0 Å². The molecule has 0 aromatic rings. The molecular weight excluding hydrogens is 194 g/mol. The molecule has 88 valence electrons. The van der Waals surface area contributed by atoms with Gasteiger partial charge < -0.3 is 19.9 Å². The first-order valence-electron chi connectivity index (χ1n) is 5.83. The van der Waals surface area contributed by atoms with Crippen molar-refractivity contribution < 1.29 is 14.6 Å². The lowest BCUT2D eigenvalue weighted by molar-refractivity contribution is -0.153. The van der Waals surface area contributed by atoms with Gasteiger partial charge in [-0.3, -0.25) is 0 Å². The van der Waals surface area contributed by atoms with Crippen LogP contribution in [0.2, 0.25) is 0 Å². The first kappa shape index (κ1) is 11.3. The minimum Gasteiger partial charge on any atom is -0.387 e. The zero-order valence-corrected chi connectivity index (χ0v) is 9.37. The van der Waals surface area contributed by atoms with Crippen LogP contribution in [0.5, 0.6) is 0 Å². The Morgan fingerprint density at radius 2 is 2.00 bits per heavy atom. The molecule has 2 heterocycles. The second kappa shape index (κ2) is 4.78. The lowest BCUT2D eigenvalue weighted by Crippen LogP contribution is -2.56. The number of nitrogens with one attached hydrogen (secondary N) is 1. The quantitative estimate of drug-likeness (QED) is 0.688. The lowest BCUT2D eigenvalue weighted by atomic mass is 9.79. The molecule has 2 rings (SSSR count). The molecule has 0 saturated carbocycles. The highest BCUT2D eigenvalue weighted by Crippen LogP contribution is 2.31. The van der Waals surface area contributed by atoms with Crippen LogP contribution in [0.25, 0.3) is 0 Å². The first-order valence-corrected chi connectivity index (χ1v) is 5.83. The maximum atomic E-state index is 10.5. The number of hydrogen-bond acceptors (Lipinski definition) is 4. The normalized spacial score (nSPS) is 33.6. The highest BCUT2D eigenvalue weighted by molar-refractivity contribution is 4.93. The van der Waals surface area contributed by atoms with Gasteiger partial charge in [0.05, 0.1) is 18.3 Å². The van der Waals surface area contributed by atoms with Crippen LogP contribution in [0.15, 0.2) is 0 Å². The Kier molecular flexibility index (Phi) is 3.61. The number of hydrogen-bond donors (Lipinski definition) is 2. The Balaban J connectivity index is 1.96. The minimum atomic E-state index is -0.725. The maximum absolute atomic E-state index is 10.5. The fourth-order valence-electron chi connectivity index (χ4n) is 2.49. The van der Waals surface area contributed by atoms with Crippen molar-refractivity contribution in [3.8, 4) is 0 Å². The summed E-state index contributed by atoms with van der Waals surface area (Å²) in [4.78, 5) is 0. The standard InChI is InChI=1S/C11H21NO3/c1-11(13,9-2-5-14-6-3-9)10-8-12-4-7-15-10/h9-10,12-13H,2-8H2,1H3. The van der Waals surface area contributed by atoms with Crippen molar-refractivity contribution in [1.82, 2.24) is 5.32 Å². The van der Waals surface area contributed by atoms with E-state index in [2.05, 4.69) is 5.32 Å². The van der Waals surface area contributed by atoms with E-state index in [0.29, 0.717) is 12.5 Å². The van der Waals surface area contributed by atoms with Gasteiger partial charge in [0.25, 0.3) is 0 Å². The molecule has 15 heavy (non-hydrogen) atoms. The molecule has 2 atom stereocenters. The largest absolute Gasteiger partial charge is 0.387 e. The Morgan fingerprint density at radius 1 is 1.27 bits per heavy atom. The Morgan fingerprint density at radius 3 is 2.60 bits per heavy atom. The average Bonchev–Trinajstić information content (AvgIpc) is 2.31. The van der Waals surface area contributed by atoms with E-state index in [1.165, 1.54) is 0 Å². The van der Waals surface area contributed by atoms with E-state index >= 15 is 0 Å². The molecule has 2 aliphatic rings. The van der Waals surface area contributed by atoms with Gasteiger partial charge in [-0.05, 0) is 25.7 Å². The van der Waals surface area contributed by atoms with Crippen molar-refractivity contribution in [2.45, 2.75) is 31.5 Å². The molecule has 0 aromatic carbocycles. The topological polar surface area (TPSA) is 50.7 Å². The van der Waals surface area contributed by atoms with Crippen molar-refractivity contribution in [1.29, 1.82) is 0 Å². The third kappa shape index (κ3) is 2.50. The Labute approximate surface area is 90.9 Å². The van der Waals surface area contributed by atoms with Gasteiger partial charge in [-0.25, -0.2) is 0 Å². The molecule has 2 N–H and O–H groups in total. The smallest absolute Gasteiger partial charge is 0.0986 e. The molecule has 4 nitrogen and oxygen atoms in total. The first-order chi connectivity index (χ1) is 7.21. The van der Waals surface area contributed by atoms with Crippen LogP contribution in [0.3, 0.4) is 0 Å². The zero-order valence-electron chi connectivity index (χ0n) is 9.37. The van der Waals surface area contributed by atoms with Gasteiger partial charge in [-0.15, -0.1) is 0 Å². The predicted octanol–water partition coefficient (Wildman–Crippen LogP) is 0.152. The summed E-state index contributed by atoms with van der Waals surface area (Å²) in [7, 11) is 0. The SMILES string of the molecule is CC(O)(C1CCOCC1)C1CNCCO1. The van der Waals surface area contributed by atoms with Crippen molar-refractivity contribution in [2.24, 2.45) is 5.92 Å². The summed E-state index contributed by atoms with van der Waals surface area (Å²) in [5.41, 5.74) is -0.725. The van der Waals surface area contributed by atoms with Gasteiger partial charge in [-0.1, -0.05) is 0 Å². The minimum absolute atomic E-state index is 0.0747. The predicted molar refractivity (Wildman–Crippen MR) is 56.8 cm³/mol. The lowest BCUT2D eigenvalue weighted by Gasteiger charge is -2.42. The third-order valence-electron chi connectivity index (χ3n) is 3.63. The zero-order chi connectivity index (χ0) is 10.7. The summed E-state index contributed by atoms with van der Waals surface area (Å²) in [5.74, 6) is 0.302. The van der Waals surface area contributed by atoms with E-state index in [0.717, 1.165) is 39.1 Å². The Bertz CT molecular complexity index is 176. The molecule has 2 saturated heterocycles. The van der Waals surface area contributed by atoms with Crippen LogP contribution in [0.4, 0.5) is 0 Å². The molecule has 0 radical (unpaired) electrons. The summed E-state index contributed by atoms with van der Waals surface area (Å²) < 4.78 is 11.0. The highest BCUT2D eigenvalue weighted by atomic mass is 16.5.